The molecular formula is C13H23N3O2. The average Bonchev–Trinajstić information content (AvgIpc) is 2.80. The summed E-state index contributed by atoms with van der Waals surface area (Å²) in [6.07, 6.45) is 4.15. The van der Waals surface area contributed by atoms with Gasteiger partial charge in [0.25, 0.3) is 0 Å². The molecule has 18 heavy (non-hydrogen) atoms. The fraction of sp³-hybridized carbons (Fsp3) is 0.846. The Hall–Kier alpha value is -0.940. The molecule has 0 radical (unpaired) electrons. The summed E-state index contributed by atoms with van der Waals surface area (Å²) in [5.41, 5.74) is 0.0323. The van der Waals surface area contributed by atoms with Gasteiger partial charge >= 0.3 is 0 Å². The van der Waals surface area contributed by atoms with Crippen LogP contribution in [0, 0.1) is 5.41 Å². The van der Waals surface area contributed by atoms with Crippen molar-refractivity contribution in [1.29, 1.82) is 0 Å². The Kier molecular flexibility index (Phi) is 3.73. The molecule has 1 aliphatic carbocycles. The zero-order valence-corrected chi connectivity index (χ0v) is 11.7. The Morgan fingerprint density at radius 2 is 1.94 bits per heavy atom. The van der Waals surface area contributed by atoms with E-state index in [2.05, 4.69) is 29.3 Å². The van der Waals surface area contributed by atoms with Crippen LogP contribution in [0.2, 0.25) is 0 Å². The molecule has 1 aromatic heterocycles. The van der Waals surface area contributed by atoms with Gasteiger partial charge in [0.2, 0.25) is 11.7 Å². The van der Waals surface area contributed by atoms with Crippen LogP contribution in [0.4, 0.5) is 0 Å². The Balaban J connectivity index is 2.17. The quantitative estimate of drug-likeness (QED) is 0.891. The molecule has 1 N–H and O–H groups in total. The summed E-state index contributed by atoms with van der Waals surface area (Å²) in [4.78, 5) is 4.45. The van der Waals surface area contributed by atoms with Gasteiger partial charge in [-0.05, 0) is 38.1 Å². The van der Waals surface area contributed by atoms with E-state index in [0.29, 0.717) is 23.7 Å². The molecule has 1 saturated carbocycles. The first-order chi connectivity index (χ1) is 8.51. The molecule has 0 spiro atoms. The van der Waals surface area contributed by atoms with E-state index in [1.807, 2.05) is 7.05 Å². The van der Waals surface area contributed by atoms with Crippen molar-refractivity contribution in [1.82, 2.24) is 15.5 Å². The van der Waals surface area contributed by atoms with E-state index in [-0.39, 0.29) is 5.60 Å². The fourth-order valence-corrected chi connectivity index (χ4v) is 2.51. The molecule has 2 rings (SSSR count). The Morgan fingerprint density at radius 1 is 1.28 bits per heavy atom. The monoisotopic (exact) mass is 253 g/mol. The van der Waals surface area contributed by atoms with Crippen LogP contribution in [0.3, 0.4) is 0 Å². The molecular weight excluding hydrogens is 230 g/mol. The van der Waals surface area contributed by atoms with E-state index in [4.69, 9.17) is 9.26 Å². The third kappa shape index (κ3) is 2.57. The van der Waals surface area contributed by atoms with Crippen LogP contribution >= 0.6 is 0 Å². The summed E-state index contributed by atoms with van der Waals surface area (Å²) in [6, 6.07) is 0. The van der Waals surface area contributed by atoms with Crippen LogP contribution in [0.25, 0.3) is 0 Å². The molecule has 1 heterocycles. The van der Waals surface area contributed by atoms with E-state index in [1.165, 1.54) is 0 Å². The van der Waals surface area contributed by atoms with E-state index in [9.17, 15) is 0 Å². The smallest absolute Gasteiger partial charge is 0.240 e. The number of methoxy groups -OCH3 is 1. The van der Waals surface area contributed by atoms with Crippen LogP contribution in [0.15, 0.2) is 4.52 Å². The molecule has 0 atom stereocenters. The highest BCUT2D eigenvalue weighted by Crippen LogP contribution is 2.46. The lowest BCUT2D eigenvalue weighted by Crippen LogP contribution is -2.37. The van der Waals surface area contributed by atoms with Gasteiger partial charge in [-0.3, -0.25) is 0 Å². The summed E-state index contributed by atoms with van der Waals surface area (Å²) in [7, 11) is 3.60. The van der Waals surface area contributed by atoms with Gasteiger partial charge in [0, 0.05) is 7.11 Å². The summed E-state index contributed by atoms with van der Waals surface area (Å²) in [6.45, 7) is 5.20. The van der Waals surface area contributed by atoms with Crippen LogP contribution in [-0.2, 0) is 16.9 Å². The van der Waals surface area contributed by atoms with E-state index in [1.54, 1.807) is 7.11 Å². The van der Waals surface area contributed by atoms with Crippen molar-refractivity contribution < 1.29 is 9.26 Å². The lowest BCUT2D eigenvalue weighted by molar-refractivity contribution is -0.0740. The van der Waals surface area contributed by atoms with Gasteiger partial charge < -0.3 is 14.6 Å². The maximum absolute atomic E-state index is 5.74. The normalized spacial score (nSPS) is 22.0. The summed E-state index contributed by atoms with van der Waals surface area (Å²) in [5, 5.41) is 7.10. The highest BCUT2D eigenvalue weighted by atomic mass is 16.5. The second kappa shape index (κ2) is 4.97. The molecule has 5 nitrogen and oxygen atoms in total. The minimum atomic E-state index is -0.356. The van der Waals surface area contributed by atoms with Crippen molar-refractivity contribution >= 4 is 0 Å². The standard InChI is InChI=1S/C13H23N3O2/c1-12(2)5-7-13(17-4,8-6-12)11-15-10(9-14-3)18-16-11/h14H,5-9H2,1-4H3. The highest BCUT2D eigenvalue weighted by molar-refractivity contribution is 5.05. The largest absolute Gasteiger partial charge is 0.370 e. The van der Waals surface area contributed by atoms with Gasteiger partial charge in [-0.2, -0.15) is 4.98 Å². The van der Waals surface area contributed by atoms with Gasteiger partial charge in [0.1, 0.15) is 5.60 Å². The van der Waals surface area contributed by atoms with Crippen LogP contribution in [0.1, 0.15) is 51.2 Å². The number of aromatic nitrogens is 2. The summed E-state index contributed by atoms with van der Waals surface area (Å²) >= 11 is 0. The molecule has 102 valence electrons. The molecule has 0 bridgehead atoms. The van der Waals surface area contributed by atoms with Crippen LogP contribution < -0.4 is 5.32 Å². The number of ether oxygens (including phenoxy) is 1. The Bertz CT molecular complexity index is 391. The molecule has 0 aliphatic heterocycles. The number of nitrogens with zero attached hydrogens (tertiary/aromatic N) is 2. The summed E-state index contributed by atoms with van der Waals surface area (Å²) in [5.74, 6) is 1.32. The molecule has 1 aromatic rings. The van der Waals surface area contributed by atoms with E-state index in [0.717, 1.165) is 25.7 Å². The first-order valence-electron chi connectivity index (χ1n) is 6.54. The summed E-state index contributed by atoms with van der Waals surface area (Å²) < 4.78 is 11.0. The number of nitrogens with one attached hydrogen (secondary N) is 1. The third-order valence-corrected chi connectivity index (χ3v) is 4.01. The minimum Gasteiger partial charge on any atom is -0.370 e. The van der Waals surface area contributed by atoms with Crippen molar-refractivity contribution in [2.45, 2.75) is 51.7 Å². The molecule has 0 unspecified atom stereocenters. The highest BCUT2D eigenvalue weighted by Gasteiger charge is 2.43. The van der Waals surface area contributed by atoms with Crippen molar-refractivity contribution in [3.8, 4) is 0 Å². The fourth-order valence-electron chi connectivity index (χ4n) is 2.51. The number of hydrogen-bond donors (Lipinski definition) is 1. The topological polar surface area (TPSA) is 60.2 Å². The third-order valence-electron chi connectivity index (χ3n) is 4.01. The zero-order chi connectivity index (χ0) is 13.2. The predicted octanol–water partition coefficient (Wildman–Crippen LogP) is 2.23. The van der Waals surface area contributed by atoms with Crippen LogP contribution in [-0.4, -0.2) is 24.3 Å². The van der Waals surface area contributed by atoms with Gasteiger partial charge in [-0.15, -0.1) is 0 Å². The van der Waals surface area contributed by atoms with E-state index < -0.39 is 0 Å². The lowest BCUT2D eigenvalue weighted by Gasteiger charge is -2.40. The van der Waals surface area contributed by atoms with Gasteiger partial charge in [0.05, 0.1) is 6.54 Å². The maximum atomic E-state index is 5.74. The molecule has 1 aliphatic rings. The first-order valence-corrected chi connectivity index (χ1v) is 6.54. The van der Waals surface area contributed by atoms with Crippen LogP contribution in [0.5, 0.6) is 0 Å². The van der Waals surface area contributed by atoms with Gasteiger partial charge in [-0.25, -0.2) is 0 Å². The second-order valence-corrected chi connectivity index (χ2v) is 5.90. The Labute approximate surface area is 108 Å². The van der Waals surface area contributed by atoms with E-state index >= 15 is 0 Å². The molecule has 0 saturated heterocycles. The molecule has 1 fully saturated rings. The maximum Gasteiger partial charge on any atom is 0.240 e. The zero-order valence-electron chi connectivity index (χ0n) is 11.7. The van der Waals surface area contributed by atoms with Gasteiger partial charge in [0.15, 0.2) is 0 Å². The van der Waals surface area contributed by atoms with Gasteiger partial charge in [-0.1, -0.05) is 19.0 Å². The van der Waals surface area contributed by atoms with Crippen molar-refractivity contribution in [2.24, 2.45) is 5.41 Å². The van der Waals surface area contributed by atoms with Crippen molar-refractivity contribution in [3.63, 3.8) is 0 Å². The van der Waals surface area contributed by atoms with Crippen molar-refractivity contribution in [2.75, 3.05) is 14.2 Å². The van der Waals surface area contributed by atoms with Crippen molar-refractivity contribution in [3.05, 3.63) is 11.7 Å². The molecule has 0 aromatic carbocycles. The number of rotatable bonds is 4. The lowest BCUT2D eigenvalue weighted by atomic mass is 9.70. The minimum absolute atomic E-state index is 0.356. The average molecular weight is 253 g/mol. The Morgan fingerprint density at radius 3 is 2.50 bits per heavy atom. The molecule has 5 heteroatoms. The molecule has 0 amide bonds. The predicted molar refractivity (Wildman–Crippen MR) is 68.0 cm³/mol. The SMILES string of the molecule is CNCc1nc(C2(OC)CCC(C)(C)CC2)no1. The first kappa shape index (κ1) is 13.5. The number of hydrogen-bond acceptors (Lipinski definition) is 5. The second-order valence-electron chi connectivity index (χ2n) is 5.90.